The van der Waals surface area contributed by atoms with Crippen molar-refractivity contribution in [3.8, 4) is 0 Å². The molecule has 2 aromatic rings. The van der Waals surface area contributed by atoms with Crippen LogP contribution in [0.5, 0.6) is 0 Å². The highest BCUT2D eigenvalue weighted by Crippen LogP contribution is 2.31. The molecule has 1 unspecified atom stereocenters. The third-order valence-electron chi connectivity index (χ3n) is 3.66. The van der Waals surface area contributed by atoms with Gasteiger partial charge in [-0.1, -0.05) is 68.3 Å². The smallest absolute Gasteiger partial charge is 0.335 e. The number of benzene rings is 2. The molecule has 0 aliphatic carbocycles. The van der Waals surface area contributed by atoms with E-state index in [0.717, 1.165) is 24.8 Å². The highest BCUT2D eigenvalue weighted by molar-refractivity contribution is 5.89. The maximum absolute atomic E-state index is 11.5. The molecule has 0 bridgehead atoms. The Hall–Kier alpha value is -2.09. The summed E-state index contributed by atoms with van der Waals surface area (Å²) in [4.78, 5) is 11.5. The fourth-order valence-electron chi connectivity index (χ4n) is 2.61. The van der Waals surface area contributed by atoms with Crippen molar-refractivity contribution in [2.24, 2.45) is 0 Å². The predicted molar refractivity (Wildman–Crippen MR) is 85.5 cm³/mol. The van der Waals surface area contributed by atoms with Gasteiger partial charge in [0.1, 0.15) is 0 Å². The van der Waals surface area contributed by atoms with Crippen LogP contribution in [0.15, 0.2) is 54.6 Å². The van der Waals surface area contributed by atoms with Crippen molar-refractivity contribution < 1.29 is 9.90 Å². The molecule has 0 saturated carbocycles. The monoisotopic (exact) mass is 281 g/mol. The number of carbonyl (C=O) groups is 1. The zero-order chi connectivity index (χ0) is 15.1. The number of carboxylic acid groups (broad SMARTS) is 1. The molecule has 109 valence electrons. The predicted octanol–water partition coefficient (Wildman–Crippen LogP) is 4.91. The molecule has 2 aromatic carbocycles. The Balaban J connectivity index is 2.38. The summed E-state index contributed by atoms with van der Waals surface area (Å²) in [6, 6.07) is 17.5. The van der Waals surface area contributed by atoms with Gasteiger partial charge in [-0.2, -0.15) is 0 Å². The molecule has 2 nitrogen and oxygen atoms in total. The van der Waals surface area contributed by atoms with Crippen LogP contribution in [-0.2, 0) is 0 Å². The molecule has 0 heterocycles. The second kappa shape index (κ2) is 7.63. The van der Waals surface area contributed by atoms with E-state index in [1.165, 1.54) is 5.56 Å². The second-order valence-electron chi connectivity index (χ2n) is 5.17. The lowest BCUT2D eigenvalue weighted by Crippen LogP contribution is -2.09. The van der Waals surface area contributed by atoms with E-state index in [1.807, 2.05) is 30.3 Å². The third-order valence-corrected chi connectivity index (χ3v) is 3.66. The molecule has 0 saturated heterocycles. The number of rotatable bonds is 7. The Morgan fingerprint density at radius 1 is 1.10 bits per heavy atom. The van der Waals surface area contributed by atoms with E-state index in [9.17, 15) is 9.90 Å². The first-order chi connectivity index (χ1) is 10.2. The van der Waals surface area contributed by atoms with Crippen LogP contribution in [0.3, 0.4) is 0 Å². The van der Waals surface area contributed by atoms with Crippen LogP contribution in [0.25, 0.3) is 0 Å². The molecule has 21 heavy (non-hydrogen) atoms. The molecule has 1 N–H and O–H groups in total. The van der Waals surface area contributed by atoms with Crippen LogP contribution >= 0.6 is 0 Å². The first kappa shape index (κ1) is 15.3. The van der Waals surface area contributed by atoms with E-state index in [4.69, 9.17) is 0 Å². The lowest BCUT2D eigenvalue weighted by Gasteiger charge is -2.19. The van der Waals surface area contributed by atoms with Gasteiger partial charge in [-0.25, -0.2) is 4.79 Å². The number of unbranched alkanes of at least 4 members (excludes halogenated alkanes) is 2. The number of hydrogen-bond donors (Lipinski definition) is 1. The topological polar surface area (TPSA) is 37.3 Å². The first-order valence-corrected chi connectivity index (χ1v) is 7.42. The summed E-state index contributed by atoms with van der Waals surface area (Å²) in [7, 11) is 0. The average Bonchev–Trinajstić information content (AvgIpc) is 2.52. The Labute approximate surface area is 126 Å². The highest BCUT2D eigenvalue weighted by atomic mass is 16.4. The lowest BCUT2D eigenvalue weighted by atomic mass is 9.84. The van der Waals surface area contributed by atoms with Crippen molar-refractivity contribution >= 4 is 5.97 Å². The zero-order valence-corrected chi connectivity index (χ0v) is 12.3. The van der Waals surface area contributed by atoms with Crippen molar-refractivity contribution in [2.45, 2.75) is 32.1 Å². The molecule has 2 rings (SSSR count). The Morgan fingerprint density at radius 3 is 2.43 bits per heavy atom. The number of hydrogen-bond acceptors (Lipinski definition) is 1. The van der Waals surface area contributed by atoms with Gasteiger partial charge >= 0.3 is 5.97 Å². The minimum Gasteiger partial charge on any atom is -0.478 e. The summed E-state index contributed by atoms with van der Waals surface area (Å²) < 4.78 is 0. The summed E-state index contributed by atoms with van der Waals surface area (Å²) in [5, 5.41) is 9.42. The second-order valence-corrected chi connectivity index (χ2v) is 5.17. The molecular weight excluding hydrogens is 260 g/mol. The minimum atomic E-state index is -0.859. The molecular formula is C19H21O2. The summed E-state index contributed by atoms with van der Waals surface area (Å²) >= 11 is 0. The molecule has 1 radical (unpaired) electrons. The average molecular weight is 281 g/mol. The van der Waals surface area contributed by atoms with Crippen LogP contribution in [0.4, 0.5) is 0 Å². The molecule has 2 heteroatoms. The standard InChI is InChI=1S/C19H21O2/c1-2-3-5-12-16(15-10-6-4-7-11-15)17-13-8-9-14-18(17)19(20)21/h4-11,13-14,16H,2-3,12H2,1H3,(H,20,21). The van der Waals surface area contributed by atoms with Gasteiger partial charge in [-0.3, -0.25) is 0 Å². The largest absolute Gasteiger partial charge is 0.478 e. The van der Waals surface area contributed by atoms with Crippen molar-refractivity contribution in [3.05, 3.63) is 77.7 Å². The van der Waals surface area contributed by atoms with E-state index in [1.54, 1.807) is 12.1 Å². The summed E-state index contributed by atoms with van der Waals surface area (Å²) in [6.45, 7) is 2.15. The van der Waals surface area contributed by atoms with E-state index in [-0.39, 0.29) is 5.92 Å². The van der Waals surface area contributed by atoms with Crippen LogP contribution < -0.4 is 0 Å². The molecule has 0 fully saturated rings. The molecule has 0 spiro atoms. The molecule has 0 aliphatic rings. The summed E-state index contributed by atoms with van der Waals surface area (Å²) in [6.07, 6.45) is 5.29. The van der Waals surface area contributed by atoms with E-state index in [0.29, 0.717) is 5.56 Å². The fourth-order valence-corrected chi connectivity index (χ4v) is 2.61. The minimum absolute atomic E-state index is 0.102. The van der Waals surface area contributed by atoms with Gasteiger partial charge in [-0.15, -0.1) is 0 Å². The molecule has 0 amide bonds. The van der Waals surface area contributed by atoms with Gasteiger partial charge in [0.05, 0.1) is 5.56 Å². The SMILES string of the molecule is CCC[CH]CC(c1ccccc1)c1ccccc1C(=O)O. The van der Waals surface area contributed by atoms with Crippen LogP contribution in [0.1, 0.15) is 53.6 Å². The van der Waals surface area contributed by atoms with Gasteiger partial charge in [-0.05, 0) is 30.0 Å². The van der Waals surface area contributed by atoms with Crippen molar-refractivity contribution in [1.29, 1.82) is 0 Å². The molecule has 0 aliphatic heterocycles. The van der Waals surface area contributed by atoms with E-state index in [2.05, 4.69) is 25.5 Å². The van der Waals surface area contributed by atoms with E-state index >= 15 is 0 Å². The van der Waals surface area contributed by atoms with Gasteiger partial charge in [0, 0.05) is 5.92 Å². The molecule has 0 aromatic heterocycles. The lowest BCUT2D eigenvalue weighted by molar-refractivity contribution is 0.0695. The summed E-state index contributed by atoms with van der Waals surface area (Å²) in [5.74, 6) is -0.757. The third kappa shape index (κ3) is 3.94. The number of carboxylic acids is 1. The van der Waals surface area contributed by atoms with Crippen molar-refractivity contribution in [2.75, 3.05) is 0 Å². The maximum atomic E-state index is 11.5. The Bertz CT molecular complexity index is 575. The van der Waals surface area contributed by atoms with E-state index < -0.39 is 5.97 Å². The van der Waals surface area contributed by atoms with Gasteiger partial charge < -0.3 is 5.11 Å². The summed E-state index contributed by atoms with van der Waals surface area (Å²) in [5.41, 5.74) is 2.46. The van der Waals surface area contributed by atoms with Crippen LogP contribution in [-0.4, -0.2) is 11.1 Å². The quantitative estimate of drug-likeness (QED) is 0.732. The fraction of sp³-hybridized carbons (Fsp3) is 0.263. The number of aromatic carboxylic acids is 1. The zero-order valence-electron chi connectivity index (χ0n) is 12.3. The van der Waals surface area contributed by atoms with Gasteiger partial charge in [0.2, 0.25) is 0 Å². The van der Waals surface area contributed by atoms with Crippen LogP contribution in [0.2, 0.25) is 0 Å². The van der Waals surface area contributed by atoms with Gasteiger partial charge in [0.15, 0.2) is 0 Å². The first-order valence-electron chi connectivity index (χ1n) is 7.42. The van der Waals surface area contributed by atoms with Crippen molar-refractivity contribution in [3.63, 3.8) is 0 Å². The Kier molecular flexibility index (Phi) is 5.56. The Morgan fingerprint density at radius 2 is 1.76 bits per heavy atom. The molecule has 1 atom stereocenters. The highest BCUT2D eigenvalue weighted by Gasteiger charge is 2.19. The van der Waals surface area contributed by atoms with Crippen LogP contribution in [0, 0.1) is 6.42 Å². The van der Waals surface area contributed by atoms with Gasteiger partial charge in [0.25, 0.3) is 0 Å². The normalized spacial score (nSPS) is 12.0. The van der Waals surface area contributed by atoms with Crippen molar-refractivity contribution in [1.82, 2.24) is 0 Å². The maximum Gasteiger partial charge on any atom is 0.335 e.